The van der Waals surface area contributed by atoms with Crippen molar-refractivity contribution in [3.63, 3.8) is 0 Å². The van der Waals surface area contributed by atoms with Gasteiger partial charge in [-0.1, -0.05) is 18.2 Å². The van der Waals surface area contributed by atoms with Crippen molar-refractivity contribution < 1.29 is 14.3 Å². The first-order valence-electron chi connectivity index (χ1n) is 8.18. The van der Waals surface area contributed by atoms with E-state index in [4.69, 9.17) is 4.74 Å². The number of para-hydroxylation sites is 1. The van der Waals surface area contributed by atoms with E-state index in [1.54, 1.807) is 16.7 Å². The largest absolute Gasteiger partial charge is 0.493 e. The first-order valence-corrected chi connectivity index (χ1v) is 8.18. The third-order valence-electron chi connectivity index (χ3n) is 4.48. The second-order valence-electron chi connectivity index (χ2n) is 6.02. The summed E-state index contributed by atoms with van der Waals surface area (Å²) in [6, 6.07) is 7.76. The topological polar surface area (TPSA) is 61.9 Å². The van der Waals surface area contributed by atoms with Gasteiger partial charge in [0.05, 0.1) is 12.6 Å². The van der Waals surface area contributed by atoms with Crippen molar-refractivity contribution in [2.45, 2.75) is 25.8 Å². The van der Waals surface area contributed by atoms with Gasteiger partial charge in [-0.15, -0.1) is 0 Å². The number of nitrogens with one attached hydrogen (secondary N) is 1. The van der Waals surface area contributed by atoms with Crippen molar-refractivity contribution in [3.05, 3.63) is 29.8 Å². The van der Waals surface area contributed by atoms with Gasteiger partial charge in [0.15, 0.2) is 0 Å². The Hall–Kier alpha value is -2.24. The number of benzene rings is 1. The summed E-state index contributed by atoms with van der Waals surface area (Å²) in [7, 11) is 0. The van der Waals surface area contributed by atoms with Crippen LogP contribution in [-0.4, -0.2) is 54.5 Å². The van der Waals surface area contributed by atoms with Gasteiger partial charge in [0.25, 0.3) is 0 Å². The SMILES string of the molecule is CC(=O)N1CCCN(C(=O)NC2CCOc3ccccc32)CC1. The van der Waals surface area contributed by atoms with E-state index in [9.17, 15) is 9.59 Å². The van der Waals surface area contributed by atoms with Crippen LogP contribution in [-0.2, 0) is 4.79 Å². The minimum Gasteiger partial charge on any atom is -0.493 e. The van der Waals surface area contributed by atoms with Crippen LogP contribution in [0.15, 0.2) is 24.3 Å². The Bertz CT molecular complexity index is 590. The predicted octanol–water partition coefficient (Wildman–Crippen LogP) is 1.77. The molecule has 3 rings (SSSR count). The normalized spacial score (nSPS) is 21.0. The molecule has 2 heterocycles. The van der Waals surface area contributed by atoms with E-state index >= 15 is 0 Å². The Kier molecular flexibility index (Phi) is 4.69. The summed E-state index contributed by atoms with van der Waals surface area (Å²) in [5, 5.41) is 3.12. The average molecular weight is 317 g/mol. The first kappa shape index (κ1) is 15.6. The van der Waals surface area contributed by atoms with E-state index in [1.807, 2.05) is 24.3 Å². The van der Waals surface area contributed by atoms with Gasteiger partial charge in [-0.05, 0) is 12.5 Å². The number of hydrogen-bond acceptors (Lipinski definition) is 3. The predicted molar refractivity (Wildman–Crippen MR) is 86.3 cm³/mol. The van der Waals surface area contributed by atoms with Crippen molar-refractivity contribution in [2.24, 2.45) is 0 Å². The molecule has 0 aromatic heterocycles. The highest BCUT2D eigenvalue weighted by Gasteiger charge is 2.26. The Morgan fingerprint density at radius 2 is 1.87 bits per heavy atom. The van der Waals surface area contributed by atoms with Gasteiger partial charge in [0, 0.05) is 45.1 Å². The molecule has 0 saturated carbocycles. The lowest BCUT2D eigenvalue weighted by atomic mass is 10.0. The maximum absolute atomic E-state index is 12.6. The molecule has 1 aromatic rings. The number of nitrogens with zero attached hydrogens (tertiary/aromatic N) is 2. The molecule has 1 saturated heterocycles. The van der Waals surface area contributed by atoms with E-state index < -0.39 is 0 Å². The maximum atomic E-state index is 12.6. The van der Waals surface area contributed by atoms with Crippen molar-refractivity contribution in [3.8, 4) is 5.75 Å². The average Bonchev–Trinajstić information content (AvgIpc) is 2.81. The Labute approximate surface area is 136 Å². The van der Waals surface area contributed by atoms with Gasteiger partial charge < -0.3 is 19.9 Å². The third-order valence-corrected chi connectivity index (χ3v) is 4.48. The highest BCUT2D eigenvalue weighted by atomic mass is 16.5. The van der Waals surface area contributed by atoms with Gasteiger partial charge in [-0.2, -0.15) is 0 Å². The van der Waals surface area contributed by atoms with Crippen molar-refractivity contribution in [2.75, 3.05) is 32.8 Å². The molecular weight excluding hydrogens is 294 g/mol. The fourth-order valence-electron chi connectivity index (χ4n) is 3.17. The van der Waals surface area contributed by atoms with E-state index in [2.05, 4.69) is 5.32 Å². The fraction of sp³-hybridized carbons (Fsp3) is 0.529. The number of hydrogen-bond donors (Lipinski definition) is 1. The van der Waals surface area contributed by atoms with Crippen LogP contribution >= 0.6 is 0 Å². The summed E-state index contributed by atoms with van der Waals surface area (Å²) in [6.45, 7) is 4.78. The summed E-state index contributed by atoms with van der Waals surface area (Å²) < 4.78 is 5.63. The number of carbonyl (C=O) groups is 2. The second kappa shape index (κ2) is 6.89. The minimum atomic E-state index is -0.0582. The summed E-state index contributed by atoms with van der Waals surface area (Å²) in [6.07, 6.45) is 1.59. The lowest BCUT2D eigenvalue weighted by molar-refractivity contribution is -0.128. The zero-order valence-electron chi connectivity index (χ0n) is 13.5. The first-order chi connectivity index (χ1) is 11.1. The highest BCUT2D eigenvalue weighted by molar-refractivity contribution is 5.76. The molecule has 124 valence electrons. The molecule has 0 radical (unpaired) electrons. The molecule has 1 aromatic carbocycles. The zero-order chi connectivity index (χ0) is 16.2. The van der Waals surface area contributed by atoms with Crippen LogP contribution in [0, 0.1) is 0 Å². The molecule has 1 unspecified atom stereocenters. The fourth-order valence-corrected chi connectivity index (χ4v) is 3.17. The molecule has 23 heavy (non-hydrogen) atoms. The molecule has 6 nitrogen and oxygen atoms in total. The number of rotatable bonds is 1. The van der Waals surface area contributed by atoms with Crippen molar-refractivity contribution in [1.82, 2.24) is 15.1 Å². The molecule has 1 atom stereocenters. The van der Waals surface area contributed by atoms with Crippen LogP contribution < -0.4 is 10.1 Å². The van der Waals surface area contributed by atoms with Gasteiger partial charge in [0.1, 0.15) is 5.75 Å². The molecule has 0 spiro atoms. The van der Waals surface area contributed by atoms with Crippen molar-refractivity contribution in [1.29, 1.82) is 0 Å². The number of urea groups is 1. The van der Waals surface area contributed by atoms with Crippen molar-refractivity contribution >= 4 is 11.9 Å². The molecule has 1 fully saturated rings. The van der Waals surface area contributed by atoms with Crippen LogP contribution in [0.3, 0.4) is 0 Å². The quantitative estimate of drug-likeness (QED) is 0.859. The van der Waals surface area contributed by atoms with E-state index in [0.29, 0.717) is 26.2 Å². The second-order valence-corrected chi connectivity index (χ2v) is 6.02. The summed E-state index contributed by atoms with van der Waals surface area (Å²) in [4.78, 5) is 27.7. The number of amides is 3. The van der Waals surface area contributed by atoms with Crippen LogP contribution in [0.4, 0.5) is 4.79 Å². The van der Waals surface area contributed by atoms with Gasteiger partial charge in [-0.3, -0.25) is 4.79 Å². The minimum absolute atomic E-state index is 0.0142. The van der Waals surface area contributed by atoms with Crippen LogP contribution in [0.1, 0.15) is 31.4 Å². The highest BCUT2D eigenvalue weighted by Crippen LogP contribution is 2.31. The molecule has 2 aliphatic heterocycles. The Balaban J connectivity index is 1.63. The molecular formula is C17H23N3O3. The lowest BCUT2D eigenvalue weighted by Crippen LogP contribution is -2.44. The molecule has 6 heteroatoms. The van der Waals surface area contributed by atoms with E-state index in [0.717, 1.165) is 30.7 Å². The van der Waals surface area contributed by atoms with E-state index in [1.165, 1.54) is 0 Å². The van der Waals surface area contributed by atoms with Crippen LogP contribution in [0.25, 0.3) is 0 Å². The number of ether oxygens (including phenoxy) is 1. The molecule has 1 N–H and O–H groups in total. The third kappa shape index (κ3) is 3.57. The maximum Gasteiger partial charge on any atom is 0.317 e. The summed E-state index contributed by atoms with van der Waals surface area (Å²) in [5.74, 6) is 0.924. The summed E-state index contributed by atoms with van der Waals surface area (Å²) >= 11 is 0. The zero-order valence-corrected chi connectivity index (χ0v) is 13.5. The number of fused-ring (bicyclic) bond motifs is 1. The molecule has 2 aliphatic rings. The Morgan fingerprint density at radius 1 is 1.13 bits per heavy atom. The molecule has 3 amide bonds. The molecule has 0 bridgehead atoms. The Morgan fingerprint density at radius 3 is 2.70 bits per heavy atom. The van der Waals surface area contributed by atoms with Gasteiger partial charge in [0.2, 0.25) is 5.91 Å². The smallest absolute Gasteiger partial charge is 0.317 e. The molecule has 0 aliphatic carbocycles. The summed E-state index contributed by atoms with van der Waals surface area (Å²) in [5.41, 5.74) is 1.03. The number of carbonyl (C=O) groups excluding carboxylic acids is 2. The van der Waals surface area contributed by atoms with Gasteiger partial charge >= 0.3 is 6.03 Å². The van der Waals surface area contributed by atoms with Gasteiger partial charge in [-0.25, -0.2) is 4.79 Å². The van der Waals surface area contributed by atoms with Crippen LogP contribution in [0.5, 0.6) is 5.75 Å². The lowest BCUT2D eigenvalue weighted by Gasteiger charge is -2.29. The standard InChI is InChI=1S/C17H23N3O3/c1-13(21)19-8-4-9-20(11-10-19)17(22)18-15-7-12-23-16-6-3-2-5-14(15)16/h2-3,5-6,15H,4,7-12H2,1H3,(H,18,22). The van der Waals surface area contributed by atoms with Crippen LogP contribution in [0.2, 0.25) is 0 Å². The monoisotopic (exact) mass is 317 g/mol. The van der Waals surface area contributed by atoms with E-state index in [-0.39, 0.29) is 18.0 Å².